The predicted molar refractivity (Wildman–Crippen MR) is 61.2 cm³/mol. The Morgan fingerprint density at radius 3 is 2.94 bits per heavy atom. The average Bonchev–Trinajstić information content (AvgIpc) is 2.36. The SMILES string of the molecule is O=C(Nc1ncnc(Cl)c1Cl)C1COCCO1. The molecule has 1 fully saturated rings. The largest absolute Gasteiger partial charge is 0.376 e. The first-order chi connectivity index (χ1) is 8.18. The van der Waals surface area contributed by atoms with E-state index in [0.717, 1.165) is 0 Å². The molecule has 1 N–H and O–H groups in total. The van der Waals surface area contributed by atoms with Crippen LogP contribution in [0, 0.1) is 0 Å². The number of rotatable bonds is 2. The maximum atomic E-state index is 11.8. The number of amides is 1. The monoisotopic (exact) mass is 277 g/mol. The maximum Gasteiger partial charge on any atom is 0.257 e. The van der Waals surface area contributed by atoms with Gasteiger partial charge in [-0.25, -0.2) is 9.97 Å². The van der Waals surface area contributed by atoms with Crippen molar-refractivity contribution in [1.29, 1.82) is 0 Å². The molecular weight excluding hydrogens is 269 g/mol. The standard InChI is InChI=1S/C9H9Cl2N3O3/c10-6-7(11)12-4-13-8(6)14-9(15)5-3-16-1-2-17-5/h4-5H,1-3H2,(H,12,13,14,15). The molecule has 2 rings (SSSR count). The first-order valence-electron chi connectivity index (χ1n) is 4.84. The molecule has 8 heteroatoms. The van der Waals surface area contributed by atoms with E-state index in [2.05, 4.69) is 15.3 Å². The lowest BCUT2D eigenvalue weighted by molar-refractivity contribution is -0.142. The Bertz CT molecular complexity index is 424. The van der Waals surface area contributed by atoms with Crippen LogP contribution in [-0.2, 0) is 14.3 Å². The summed E-state index contributed by atoms with van der Waals surface area (Å²) in [7, 11) is 0. The Balaban J connectivity index is 2.04. The minimum atomic E-state index is -0.659. The summed E-state index contributed by atoms with van der Waals surface area (Å²) >= 11 is 11.5. The van der Waals surface area contributed by atoms with Crippen molar-refractivity contribution >= 4 is 34.9 Å². The molecule has 0 aromatic carbocycles. The number of anilines is 1. The molecule has 92 valence electrons. The Kier molecular flexibility index (Phi) is 4.11. The third-order valence-corrected chi connectivity index (χ3v) is 2.84. The summed E-state index contributed by atoms with van der Waals surface area (Å²) in [5, 5.41) is 2.69. The van der Waals surface area contributed by atoms with Crippen LogP contribution in [0.3, 0.4) is 0 Å². The Morgan fingerprint density at radius 1 is 1.41 bits per heavy atom. The first kappa shape index (κ1) is 12.5. The second-order valence-electron chi connectivity index (χ2n) is 3.25. The second-order valence-corrected chi connectivity index (χ2v) is 3.99. The number of nitrogens with zero attached hydrogens (tertiary/aromatic N) is 2. The van der Waals surface area contributed by atoms with E-state index in [4.69, 9.17) is 32.7 Å². The van der Waals surface area contributed by atoms with Crippen LogP contribution in [0.1, 0.15) is 0 Å². The molecule has 1 saturated heterocycles. The van der Waals surface area contributed by atoms with Gasteiger partial charge < -0.3 is 14.8 Å². The summed E-state index contributed by atoms with van der Waals surface area (Å²) in [5.41, 5.74) is 0. The predicted octanol–water partition coefficient (Wildman–Crippen LogP) is 1.14. The number of nitrogens with one attached hydrogen (secondary N) is 1. The van der Waals surface area contributed by atoms with Crippen LogP contribution in [0.4, 0.5) is 5.82 Å². The number of hydrogen-bond donors (Lipinski definition) is 1. The zero-order valence-corrected chi connectivity index (χ0v) is 10.2. The van der Waals surface area contributed by atoms with Crippen molar-refractivity contribution in [3.8, 4) is 0 Å². The van der Waals surface area contributed by atoms with Crippen molar-refractivity contribution in [2.75, 3.05) is 25.1 Å². The number of hydrogen-bond acceptors (Lipinski definition) is 5. The molecule has 0 bridgehead atoms. The van der Waals surface area contributed by atoms with Gasteiger partial charge in [0.15, 0.2) is 17.1 Å². The van der Waals surface area contributed by atoms with Crippen LogP contribution in [0.25, 0.3) is 0 Å². The lowest BCUT2D eigenvalue weighted by Gasteiger charge is -2.21. The summed E-state index contributed by atoms with van der Waals surface area (Å²) in [6, 6.07) is 0. The van der Waals surface area contributed by atoms with Gasteiger partial charge in [-0.1, -0.05) is 23.2 Å². The van der Waals surface area contributed by atoms with Gasteiger partial charge in [0.25, 0.3) is 5.91 Å². The smallest absolute Gasteiger partial charge is 0.257 e. The summed E-state index contributed by atoms with van der Waals surface area (Å²) in [6.07, 6.45) is 0.552. The van der Waals surface area contributed by atoms with Gasteiger partial charge in [-0.15, -0.1) is 0 Å². The van der Waals surface area contributed by atoms with Crippen LogP contribution in [0.5, 0.6) is 0 Å². The van der Waals surface area contributed by atoms with Gasteiger partial charge in [-0.2, -0.15) is 0 Å². The number of aromatic nitrogens is 2. The lowest BCUT2D eigenvalue weighted by Crippen LogP contribution is -2.39. The third-order valence-electron chi connectivity index (χ3n) is 2.10. The summed E-state index contributed by atoms with van der Waals surface area (Å²) in [5.74, 6) is -0.216. The molecular formula is C9H9Cl2N3O3. The van der Waals surface area contributed by atoms with Gasteiger partial charge in [-0.3, -0.25) is 4.79 Å². The van der Waals surface area contributed by atoms with Gasteiger partial charge in [-0.05, 0) is 0 Å². The fourth-order valence-electron chi connectivity index (χ4n) is 1.27. The highest BCUT2D eigenvalue weighted by Gasteiger charge is 2.24. The molecule has 1 aromatic rings. The Hall–Kier alpha value is -0.950. The van der Waals surface area contributed by atoms with Crippen LogP contribution in [-0.4, -0.2) is 41.8 Å². The van der Waals surface area contributed by atoms with Crippen LogP contribution in [0.15, 0.2) is 6.33 Å². The molecule has 0 radical (unpaired) electrons. The van der Waals surface area contributed by atoms with Crippen molar-refractivity contribution in [3.05, 3.63) is 16.5 Å². The van der Waals surface area contributed by atoms with Crippen molar-refractivity contribution in [2.45, 2.75) is 6.10 Å². The summed E-state index contributed by atoms with van der Waals surface area (Å²) in [6.45, 7) is 1.09. The van der Waals surface area contributed by atoms with Gasteiger partial charge in [0.05, 0.1) is 19.8 Å². The molecule has 1 aliphatic rings. The van der Waals surface area contributed by atoms with Crippen molar-refractivity contribution in [2.24, 2.45) is 0 Å². The molecule has 1 aliphatic heterocycles. The summed E-state index contributed by atoms with van der Waals surface area (Å²) in [4.78, 5) is 19.2. The molecule has 1 atom stereocenters. The molecule has 1 aromatic heterocycles. The minimum Gasteiger partial charge on any atom is -0.376 e. The van der Waals surface area contributed by atoms with E-state index in [0.29, 0.717) is 13.2 Å². The van der Waals surface area contributed by atoms with E-state index >= 15 is 0 Å². The van der Waals surface area contributed by atoms with Crippen molar-refractivity contribution in [1.82, 2.24) is 9.97 Å². The minimum absolute atomic E-state index is 0.0813. The number of halogens is 2. The fraction of sp³-hybridized carbons (Fsp3) is 0.444. The van der Waals surface area contributed by atoms with E-state index < -0.39 is 6.10 Å². The van der Waals surface area contributed by atoms with Gasteiger partial charge in [0, 0.05) is 0 Å². The highest BCUT2D eigenvalue weighted by atomic mass is 35.5. The van der Waals surface area contributed by atoms with Gasteiger partial charge in [0.1, 0.15) is 11.3 Å². The van der Waals surface area contributed by atoms with E-state index in [-0.39, 0.29) is 28.5 Å². The molecule has 1 unspecified atom stereocenters. The highest BCUT2D eigenvalue weighted by Crippen LogP contribution is 2.25. The number of carbonyl (C=O) groups is 1. The van der Waals surface area contributed by atoms with Crippen LogP contribution in [0.2, 0.25) is 10.2 Å². The van der Waals surface area contributed by atoms with E-state index in [1.807, 2.05) is 0 Å². The molecule has 0 saturated carbocycles. The van der Waals surface area contributed by atoms with Crippen molar-refractivity contribution in [3.63, 3.8) is 0 Å². The second kappa shape index (κ2) is 5.59. The topological polar surface area (TPSA) is 73.3 Å². The highest BCUT2D eigenvalue weighted by molar-refractivity contribution is 6.42. The first-order valence-corrected chi connectivity index (χ1v) is 5.60. The zero-order chi connectivity index (χ0) is 12.3. The Labute approximate surface area is 107 Å². The number of ether oxygens (including phenoxy) is 2. The molecule has 6 nitrogen and oxygen atoms in total. The van der Waals surface area contributed by atoms with Crippen LogP contribution >= 0.6 is 23.2 Å². The lowest BCUT2D eigenvalue weighted by atomic mass is 10.3. The Morgan fingerprint density at radius 2 is 2.24 bits per heavy atom. The van der Waals surface area contributed by atoms with Gasteiger partial charge >= 0.3 is 0 Å². The van der Waals surface area contributed by atoms with E-state index in [1.54, 1.807) is 0 Å². The van der Waals surface area contributed by atoms with Crippen molar-refractivity contribution < 1.29 is 14.3 Å². The fourth-order valence-corrected chi connectivity index (χ4v) is 1.55. The van der Waals surface area contributed by atoms with E-state index in [1.165, 1.54) is 6.33 Å². The van der Waals surface area contributed by atoms with Gasteiger partial charge in [0.2, 0.25) is 0 Å². The zero-order valence-electron chi connectivity index (χ0n) is 8.65. The molecule has 0 aliphatic carbocycles. The quantitative estimate of drug-likeness (QED) is 0.821. The molecule has 1 amide bonds. The molecule has 2 heterocycles. The molecule has 17 heavy (non-hydrogen) atoms. The normalized spacial score (nSPS) is 20.0. The van der Waals surface area contributed by atoms with Crippen LogP contribution < -0.4 is 5.32 Å². The average molecular weight is 278 g/mol. The summed E-state index contributed by atoms with van der Waals surface area (Å²) < 4.78 is 10.3. The maximum absolute atomic E-state index is 11.8. The third kappa shape index (κ3) is 3.04. The van der Waals surface area contributed by atoms with E-state index in [9.17, 15) is 4.79 Å². The number of carbonyl (C=O) groups excluding carboxylic acids is 1. The molecule has 0 spiro atoms.